The van der Waals surface area contributed by atoms with Crippen LogP contribution in [-0.2, 0) is 0 Å². The molecule has 0 unspecified atom stereocenters. The predicted molar refractivity (Wildman–Crippen MR) is 195 cm³/mol. The number of carbonyl (C=O) groups excluding carboxylic acids is 4. The Morgan fingerprint density at radius 1 is 0.490 bits per heavy atom. The van der Waals surface area contributed by atoms with Crippen LogP contribution in [0.2, 0.25) is 0 Å². The zero-order valence-electron chi connectivity index (χ0n) is 27.0. The number of guanidine groups is 2. The molecule has 0 bridgehead atoms. The number of hydrogen-bond acceptors (Lipinski definition) is 6. The molecule has 3 heterocycles. The SMILES string of the molecule is N=C(N)NCCNC(=O)c1cc2ccc(NC(=O)c3ccc4[nH]c(C(=O)Nc5ccc6cc(C(=O)NCCNC(=N)N)[nH]c6c5)cc4c3)cc2[nH]1. The Balaban J connectivity index is 1.07. The third-order valence-electron chi connectivity index (χ3n) is 7.83. The van der Waals surface area contributed by atoms with Gasteiger partial charge in [0.1, 0.15) is 17.1 Å². The molecule has 0 aliphatic rings. The summed E-state index contributed by atoms with van der Waals surface area (Å²) in [5, 5.41) is 33.0. The highest BCUT2D eigenvalue weighted by Crippen LogP contribution is 2.24. The lowest BCUT2D eigenvalue weighted by molar-refractivity contribution is 0.0942. The standard InChI is InChI=1S/C34H35N13O4/c35-33(36)41-9-7-39-30(49)26-12-17-1-4-21(15-24(17)46-26)43-29(48)19-3-6-23-20(11-19)14-28(45-23)32(51)44-22-5-2-18-13-27(47-25(18)16-22)31(50)40-8-10-42-34(37)38/h1-6,11-16,45-47H,7-10H2,(H,39,49)(H,40,50)(H,43,48)(H,44,51)(H4,35,36,41)(H4,37,38,42). The topological polar surface area (TPSA) is 288 Å². The van der Waals surface area contributed by atoms with Crippen molar-refractivity contribution in [1.82, 2.24) is 36.2 Å². The third-order valence-corrected chi connectivity index (χ3v) is 7.83. The van der Waals surface area contributed by atoms with Crippen molar-refractivity contribution in [2.75, 3.05) is 36.8 Å². The maximum absolute atomic E-state index is 13.2. The van der Waals surface area contributed by atoms with Gasteiger partial charge in [-0.2, -0.15) is 0 Å². The van der Waals surface area contributed by atoms with Gasteiger partial charge < -0.3 is 58.3 Å². The number of nitrogens with one attached hydrogen (secondary N) is 11. The summed E-state index contributed by atoms with van der Waals surface area (Å²) in [7, 11) is 0. The van der Waals surface area contributed by atoms with E-state index in [1.165, 1.54) is 0 Å². The van der Waals surface area contributed by atoms with Gasteiger partial charge in [-0.3, -0.25) is 30.0 Å². The minimum absolute atomic E-state index is 0.174. The number of H-pyrrole nitrogens is 3. The lowest BCUT2D eigenvalue weighted by Gasteiger charge is -2.06. The van der Waals surface area contributed by atoms with Crippen molar-refractivity contribution in [2.45, 2.75) is 0 Å². The second-order valence-corrected chi connectivity index (χ2v) is 11.6. The van der Waals surface area contributed by atoms with E-state index in [1.807, 2.05) is 0 Å². The van der Waals surface area contributed by atoms with Crippen LogP contribution in [0.5, 0.6) is 0 Å². The molecule has 6 rings (SSSR count). The minimum atomic E-state index is -0.390. The van der Waals surface area contributed by atoms with Crippen LogP contribution in [-0.4, -0.2) is 76.7 Å². The number of rotatable bonds is 12. The summed E-state index contributed by atoms with van der Waals surface area (Å²) in [5.41, 5.74) is 14.9. The average Bonchev–Trinajstić information content (AvgIpc) is 3.84. The number of hydrogen-bond donors (Lipinski definition) is 13. The molecule has 17 heteroatoms. The molecule has 3 aromatic carbocycles. The number of aromatic nitrogens is 3. The summed E-state index contributed by atoms with van der Waals surface area (Å²) >= 11 is 0. The zero-order chi connectivity index (χ0) is 36.1. The van der Waals surface area contributed by atoms with Crippen LogP contribution in [0.1, 0.15) is 41.8 Å². The fraction of sp³-hybridized carbons (Fsp3) is 0.118. The van der Waals surface area contributed by atoms with Gasteiger partial charge in [0.15, 0.2) is 11.9 Å². The van der Waals surface area contributed by atoms with Gasteiger partial charge in [0.2, 0.25) is 0 Å². The first-order valence-corrected chi connectivity index (χ1v) is 15.8. The van der Waals surface area contributed by atoms with Gasteiger partial charge in [-0.05, 0) is 60.7 Å². The summed E-state index contributed by atoms with van der Waals surface area (Å²) in [6.45, 7) is 1.21. The van der Waals surface area contributed by atoms with Crippen molar-refractivity contribution < 1.29 is 19.2 Å². The first-order chi connectivity index (χ1) is 24.5. The molecule has 51 heavy (non-hydrogen) atoms. The Morgan fingerprint density at radius 2 is 0.941 bits per heavy atom. The quantitative estimate of drug-likeness (QED) is 0.0511. The van der Waals surface area contributed by atoms with E-state index >= 15 is 0 Å². The van der Waals surface area contributed by atoms with E-state index in [0.29, 0.717) is 69.0 Å². The van der Waals surface area contributed by atoms with Crippen molar-refractivity contribution in [3.05, 3.63) is 95.4 Å². The fourth-order valence-corrected chi connectivity index (χ4v) is 5.39. The number of aromatic amines is 3. The number of anilines is 2. The highest BCUT2D eigenvalue weighted by molar-refractivity contribution is 6.10. The fourth-order valence-electron chi connectivity index (χ4n) is 5.39. The number of amides is 4. The molecule has 0 spiro atoms. The Morgan fingerprint density at radius 3 is 1.47 bits per heavy atom. The first-order valence-electron chi connectivity index (χ1n) is 15.8. The molecular weight excluding hydrogens is 654 g/mol. The number of fused-ring (bicyclic) bond motifs is 3. The average molecular weight is 690 g/mol. The molecule has 0 atom stereocenters. The summed E-state index contributed by atoms with van der Waals surface area (Å²) < 4.78 is 0. The molecule has 260 valence electrons. The van der Waals surface area contributed by atoms with Gasteiger partial charge in [-0.25, -0.2) is 0 Å². The molecule has 0 saturated carbocycles. The van der Waals surface area contributed by atoms with Crippen LogP contribution in [0.4, 0.5) is 11.4 Å². The maximum atomic E-state index is 13.2. The van der Waals surface area contributed by atoms with Crippen molar-refractivity contribution in [3.63, 3.8) is 0 Å². The summed E-state index contributed by atoms with van der Waals surface area (Å²) in [5.74, 6) is -1.73. The summed E-state index contributed by atoms with van der Waals surface area (Å²) in [6.07, 6.45) is 0. The highest BCUT2D eigenvalue weighted by Gasteiger charge is 2.15. The Kier molecular flexibility index (Phi) is 9.51. The predicted octanol–water partition coefficient (Wildman–Crippen LogP) is 2.06. The Hall–Kier alpha value is -7.30. The molecule has 0 aliphatic heterocycles. The number of carbonyl (C=O) groups is 4. The van der Waals surface area contributed by atoms with Gasteiger partial charge in [-0.15, -0.1) is 0 Å². The number of nitrogens with two attached hydrogens (primary N) is 2. The van der Waals surface area contributed by atoms with Gasteiger partial charge in [0.05, 0.1) is 0 Å². The van der Waals surface area contributed by atoms with E-state index in [4.69, 9.17) is 22.3 Å². The highest BCUT2D eigenvalue weighted by atomic mass is 16.2. The molecule has 6 aromatic rings. The molecule has 4 amide bonds. The largest absolute Gasteiger partial charge is 0.370 e. The van der Waals surface area contributed by atoms with E-state index < -0.39 is 0 Å². The van der Waals surface area contributed by atoms with Gasteiger partial charge in [-0.1, -0.05) is 12.1 Å². The maximum Gasteiger partial charge on any atom is 0.272 e. The molecule has 0 saturated heterocycles. The Bertz CT molecular complexity index is 2210. The molecule has 3 aromatic heterocycles. The first kappa shape index (κ1) is 33.6. The summed E-state index contributed by atoms with van der Waals surface area (Å²) in [6, 6.07) is 20.6. The monoisotopic (exact) mass is 689 g/mol. The van der Waals surface area contributed by atoms with Crippen LogP contribution in [0, 0.1) is 10.8 Å². The molecule has 17 nitrogen and oxygen atoms in total. The van der Waals surface area contributed by atoms with E-state index in [0.717, 1.165) is 10.8 Å². The smallest absolute Gasteiger partial charge is 0.272 e. The van der Waals surface area contributed by atoms with E-state index in [-0.39, 0.29) is 48.6 Å². The van der Waals surface area contributed by atoms with Crippen molar-refractivity contribution in [3.8, 4) is 0 Å². The molecule has 15 N–H and O–H groups in total. The van der Waals surface area contributed by atoms with Gasteiger partial charge in [0.25, 0.3) is 23.6 Å². The van der Waals surface area contributed by atoms with Gasteiger partial charge >= 0.3 is 0 Å². The van der Waals surface area contributed by atoms with Crippen LogP contribution in [0.25, 0.3) is 32.7 Å². The van der Waals surface area contributed by atoms with E-state index in [9.17, 15) is 19.2 Å². The van der Waals surface area contributed by atoms with Crippen molar-refractivity contribution in [1.29, 1.82) is 10.8 Å². The van der Waals surface area contributed by atoms with E-state index in [1.54, 1.807) is 72.8 Å². The van der Waals surface area contributed by atoms with Crippen LogP contribution >= 0.6 is 0 Å². The lowest BCUT2D eigenvalue weighted by atomic mass is 10.1. The molecule has 0 radical (unpaired) electrons. The van der Waals surface area contributed by atoms with Crippen molar-refractivity contribution >= 4 is 79.6 Å². The minimum Gasteiger partial charge on any atom is -0.370 e. The lowest BCUT2D eigenvalue weighted by Crippen LogP contribution is -2.37. The molecular formula is C34H35N13O4. The third kappa shape index (κ3) is 8.06. The van der Waals surface area contributed by atoms with Crippen LogP contribution in [0.3, 0.4) is 0 Å². The molecule has 0 fully saturated rings. The van der Waals surface area contributed by atoms with Crippen LogP contribution in [0.15, 0.2) is 72.8 Å². The van der Waals surface area contributed by atoms with E-state index in [2.05, 4.69) is 46.9 Å². The van der Waals surface area contributed by atoms with Crippen LogP contribution < -0.4 is 43.4 Å². The zero-order valence-corrected chi connectivity index (χ0v) is 27.0. The summed E-state index contributed by atoms with van der Waals surface area (Å²) in [4.78, 5) is 60.5. The number of benzene rings is 3. The Labute approximate surface area is 289 Å². The second kappa shape index (κ2) is 14.4. The second-order valence-electron chi connectivity index (χ2n) is 11.6. The molecule has 0 aliphatic carbocycles. The van der Waals surface area contributed by atoms with Crippen molar-refractivity contribution in [2.24, 2.45) is 11.5 Å². The normalized spacial score (nSPS) is 10.9. The van der Waals surface area contributed by atoms with Gasteiger partial charge in [0, 0.05) is 75.8 Å².